The van der Waals surface area contributed by atoms with Gasteiger partial charge in [0, 0.05) is 24.9 Å². The van der Waals surface area contributed by atoms with Gasteiger partial charge in [-0.05, 0) is 28.7 Å². The molecule has 1 aromatic heterocycles. The van der Waals surface area contributed by atoms with Gasteiger partial charge in [0.25, 0.3) is 0 Å². The van der Waals surface area contributed by atoms with Crippen LogP contribution in [0.4, 0.5) is 5.69 Å². The minimum atomic E-state index is -0.187. The largest absolute Gasteiger partial charge is 0.342 e. The highest BCUT2D eigenvalue weighted by atomic mass is 16.1. The van der Waals surface area contributed by atoms with E-state index in [0.29, 0.717) is 5.82 Å². The number of fused-ring (bicyclic) bond motifs is 1. The van der Waals surface area contributed by atoms with Crippen molar-refractivity contribution >= 4 is 34.2 Å². The summed E-state index contributed by atoms with van der Waals surface area (Å²) < 4.78 is 0. The number of ketones is 1. The third kappa shape index (κ3) is 4.47. The van der Waals surface area contributed by atoms with Crippen molar-refractivity contribution in [2.45, 2.75) is 6.42 Å². The topological polar surface area (TPSA) is 74.8 Å². The van der Waals surface area contributed by atoms with Gasteiger partial charge in [-0.2, -0.15) is 0 Å². The summed E-state index contributed by atoms with van der Waals surface area (Å²) in [6.45, 7) is 0. The maximum Gasteiger partial charge on any atom is 0.228 e. The first-order valence-electron chi connectivity index (χ1n) is 9.27. The fraction of sp³-hybridized carbons (Fsp3) is 0.0417. The normalized spacial score (nSPS) is 11.0. The first-order valence-corrected chi connectivity index (χ1v) is 9.27. The van der Waals surface area contributed by atoms with Gasteiger partial charge in [-0.25, -0.2) is 4.98 Å². The Hall–Kier alpha value is -3.99. The van der Waals surface area contributed by atoms with Crippen molar-refractivity contribution in [3.63, 3.8) is 0 Å². The number of rotatable bonds is 6. The Bertz CT molecular complexity index is 1180. The molecule has 5 heteroatoms. The molecule has 2 N–H and O–H groups in total. The predicted octanol–water partition coefficient (Wildman–Crippen LogP) is 4.89. The molecule has 0 saturated carbocycles. The Balaban J connectivity index is 0.00000256. The number of hydrogen-bond donors (Lipinski definition) is 2. The van der Waals surface area contributed by atoms with Crippen molar-refractivity contribution in [1.29, 1.82) is 0 Å². The second-order valence-corrected chi connectivity index (χ2v) is 6.63. The van der Waals surface area contributed by atoms with E-state index >= 15 is 0 Å². The van der Waals surface area contributed by atoms with E-state index < -0.39 is 0 Å². The SMILES string of the molecule is O=C(Cc1ccc(/C=C/C(=O)c2ncc[nH]2)cc1)Nc1cccc2ccccc12.[HH]. The summed E-state index contributed by atoms with van der Waals surface area (Å²) in [5.74, 6) is 0.0501. The lowest BCUT2D eigenvalue weighted by Crippen LogP contribution is -2.14. The zero-order valence-electron chi connectivity index (χ0n) is 15.6. The van der Waals surface area contributed by atoms with E-state index in [1.807, 2.05) is 66.7 Å². The van der Waals surface area contributed by atoms with E-state index in [0.717, 1.165) is 27.6 Å². The van der Waals surface area contributed by atoms with Crippen molar-refractivity contribution in [1.82, 2.24) is 9.97 Å². The van der Waals surface area contributed by atoms with Gasteiger partial charge in [0.05, 0.1) is 6.42 Å². The van der Waals surface area contributed by atoms with Gasteiger partial charge >= 0.3 is 0 Å². The molecule has 0 aliphatic rings. The van der Waals surface area contributed by atoms with Gasteiger partial charge in [0.15, 0.2) is 5.82 Å². The fourth-order valence-corrected chi connectivity index (χ4v) is 3.11. The van der Waals surface area contributed by atoms with Crippen LogP contribution in [-0.4, -0.2) is 21.7 Å². The molecule has 4 rings (SSSR count). The number of hydrogen-bond acceptors (Lipinski definition) is 3. The summed E-state index contributed by atoms with van der Waals surface area (Å²) in [4.78, 5) is 31.1. The number of benzene rings is 3. The Kier molecular flexibility index (Phi) is 5.29. The molecule has 29 heavy (non-hydrogen) atoms. The van der Waals surface area contributed by atoms with E-state index in [2.05, 4.69) is 15.3 Å². The lowest BCUT2D eigenvalue weighted by molar-refractivity contribution is -0.115. The molecule has 0 atom stereocenters. The summed E-state index contributed by atoms with van der Waals surface area (Å²) in [6, 6.07) is 21.4. The lowest BCUT2D eigenvalue weighted by atomic mass is 10.1. The number of nitrogens with one attached hydrogen (secondary N) is 2. The lowest BCUT2D eigenvalue weighted by Gasteiger charge is -2.09. The first-order chi connectivity index (χ1) is 14.2. The van der Waals surface area contributed by atoms with Gasteiger partial charge in [-0.1, -0.05) is 66.7 Å². The molecule has 0 fully saturated rings. The Morgan fingerprint density at radius 1 is 1.00 bits per heavy atom. The zero-order chi connectivity index (χ0) is 20.1. The average Bonchev–Trinajstić information content (AvgIpc) is 3.28. The summed E-state index contributed by atoms with van der Waals surface area (Å²) in [5, 5.41) is 5.10. The maximum absolute atomic E-state index is 12.5. The predicted molar refractivity (Wildman–Crippen MR) is 117 cm³/mol. The van der Waals surface area contributed by atoms with Crippen LogP contribution >= 0.6 is 0 Å². The van der Waals surface area contributed by atoms with Gasteiger partial charge in [0.1, 0.15) is 0 Å². The van der Waals surface area contributed by atoms with Crippen LogP contribution in [0.25, 0.3) is 16.8 Å². The van der Waals surface area contributed by atoms with Crippen LogP contribution in [0, 0.1) is 0 Å². The quantitative estimate of drug-likeness (QED) is 0.368. The van der Waals surface area contributed by atoms with Crippen LogP contribution < -0.4 is 5.32 Å². The third-order valence-corrected chi connectivity index (χ3v) is 4.57. The van der Waals surface area contributed by atoms with Gasteiger partial charge in [0.2, 0.25) is 11.7 Å². The van der Waals surface area contributed by atoms with E-state index in [9.17, 15) is 9.59 Å². The minimum absolute atomic E-state index is 0. The van der Waals surface area contributed by atoms with E-state index in [1.54, 1.807) is 18.5 Å². The van der Waals surface area contributed by atoms with E-state index in [4.69, 9.17) is 0 Å². The molecule has 0 saturated heterocycles. The molecule has 0 spiro atoms. The van der Waals surface area contributed by atoms with E-state index in [1.165, 1.54) is 6.08 Å². The molecule has 1 amide bonds. The smallest absolute Gasteiger partial charge is 0.228 e. The maximum atomic E-state index is 12.5. The number of amides is 1. The van der Waals surface area contributed by atoms with Crippen molar-refractivity contribution in [3.8, 4) is 0 Å². The molecule has 0 radical (unpaired) electrons. The highest BCUT2D eigenvalue weighted by molar-refractivity contribution is 6.04. The van der Waals surface area contributed by atoms with Crippen LogP contribution in [0.5, 0.6) is 0 Å². The molecule has 144 valence electrons. The van der Waals surface area contributed by atoms with Crippen LogP contribution in [0.2, 0.25) is 0 Å². The van der Waals surface area contributed by atoms with Crippen LogP contribution in [0.1, 0.15) is 23.2 Å². The molecule has 0 unspecified atom stereocenters. The second-order valence-electron chi connectivity index (χ2n) is 6.63. The highest BCUT2D eigenvalue weighted by Gasteiger charge is 2.07. The number of carbonyl (C=O) groups excluding carboxylic acids is 2. The molecular weight excluding hydrogens is 362 g/mol. The monoisotopic (exact) mass is 383 g/mol. The molecule has 3 aromatic carbocycles. The number of H-pyrrole nitrogens is 1. The summed E-state index contributed by atoms with van der Waals surface area (Å²) in [6.07, 6.45) is 6.63. The number of anilines is 1. The number of carbonyl (C=O) groups is 2. The van der Waals surface area contributed by atoms with Crippen LogP contribution in [0.15, 0.2) is 85.2 Å². The highest BCUT2D eigenvalue weighted by Crippen LogP contribution is 2.23. The van der Waals surface area contributed by atoms with Crippen LogP contribution in [-0.2, 0) is 11.2 Å². The number of aromatic amines is 1. The Morgan fingerprint density at radius 3 is 2.59 bits per heavy atom. The third-order valence-electron chi connectivity index (χ3n) is 4.57. The molecule has 0 bridgehead atoms. The van der Waals surface area contributed by atoms with Gasteiger partial charge < -0.3 is 10.3 Å². The Labute approximate surface area is 169 Å². The number of nitrogens with zero attached hydrogens (tertiary/aromatic N) is 1. The molecule has 0 aliphatic carbocycles. The van der Waals surface area contributed by atoms with Crippen LogP contribution in [0.3, 0.4) is 0 Å². The summed E-state index contributed by atoms with van der Waals surface area (Å²) in [7, 11) is 0. The fourth-order valence-electron chi connectivity index (χ4n) is 3.11. The van der Waals surface area contributed by atoms with E-state index in [-0.39, 0.29) is 19.5 Å². The first kappa shape index (κ1) is 18.4. The van der Waals surface area contributed by atoms with Gasteiger partial charge in [-0.3, -0.25) is 9.59 Å². The summed E-state index contributed by atoms with van der Waals surface area (Å²) in [5.41, 5.74) is 2.59. The number of aromatic nitrogens is 2. The average molecular weight is 383 g/mol. The molecule has 0 aliphatic heterocycles. The molecule has 4 aromatic rings. The summed E-state index contributed by atoms with van der Waals surface area (Å²) >= 11 is 0. The molecule has 1 heterocycles. The standard InChI is InChI=1S/C24H19N3O2.H2/c28-22(24-25-14-15-26-24)13-12-17-8-10-18(11-9-17)16-23(29)27-21-7-3-5-19-4-1-2-6-20(19)21;/h1-15H,16H2,(H,25,26)(H,27,29);1H/b13-12+;. The van der Waals surface area contributed by atoms with Gasteiger partial charge in [-0.15, -0.1) is 0 Å². The minimum Gasteiger partial charge on any atom is -0.342 e. The number of imidazole rings is 1. The second kappa shape index (κ2) is 8.35. The van der Waals surface area contributed by atoms with Crippen molar-refractivity contribution < 1.29 is 11.0 Å². The zero-order valence-corrected chi connectivity index (χ0v) is 15.6. The number of allylic oxidation sites excluding steroid dienone is 1. The molecular formula is C24H21N3O2. The van der Waals surface area contributed by atoms with Crippen molar-refractivity contribution in [3.05, 3.63) is 102 Å². The molecule has 5 nitrogen and oxygen atoms in total. The Morgan fingerprint density at radius 2 is 1.79 bits per heavy atom. The van der Waals surface area contributed by atoms with Crippen molar-refractivity contribution in [2.24, 2.45) is 0 Å². The van der Waals surface area contributed by atoms with Crippen molar-refractivity contribution in [2.75, 3.05) is 5.32 Å².